The van der Waals surface area contributed by atoms with Crippen molar-refractivity contribution in [3.8, 4) is 0 Å². The molecular formula is C17H17F3N4O. The summed E-state index contributed by atoms with van der Waals surface area (Å²) in [6.07, 6.45) is -2.27. The van der Waals surface area contributed by atoms with Gasteiger partial charge in [0.05, 0.1) is 18.7 Å². The van der Waals surface area contributed by atoms with Gasteiger partial charge >= 0.3 is 6.18 Å². The minimum absolute atomic E-state index is 0.236. The fourth-order valence-electron chi connectivity index (χ4n) is 2.86. The Labute approximate surface area is 142 Å². The average Bonchev–Trinajstić information content (AvgIpc) is 2.61. The van der Waals surface area contributed by atoms with E-state index in [9.17, 15) is 13.2 Å². The number of hydrogen-bond donors (Lipinski definition) is 2. The highest BCUT2D eigenvalue weighted by atomic mass is 19.4. The second kappa shape index (κ2) is 6.72. The molecule has 5 nitrogen and oxygen atoms in total. The summed E-state index contributed by atoms with van der Waals surface area (Å²) < 4.78 is 44.0. The molecule has 132 valence electrons. The summed E-state index contributed by atoms with van der Waals surface area (Å²) >= 11 is 0. The van der Waals surface area contributed by atoms with Gasteiger partial charge in [-0.1, -0.05) is 6.07 Å². The Kier molecular flexibility index (Phi) is 4.63. The standard InChI is InChI=1S/C17H17F3N4O/c18-17(19,20)16(22)13(10-21)11-1-2-14-12(9-11)15(3-4-23-14)24-5-7-25-8-6-24/h1-4,9-10,22H,5-8,21H2/b13-10-,22-16?. The van der Waals surface area contributed by atoms with Gasteiger partial charge in [0.25, 0.3) is 0 Å². The molecule has 0 unspecified atom stereocenters. The molecule has 1 fully saturated rings. The number of benzene rings is 1. The molecule has 0 saturated carbocycles. The summed E-state index contributed by atoms with van der Waals surface area (Å²) in [6.45, 7) is 2.58. The molecule has 1 saturated heterocycles. The molecule has 1 aliphatic rings. The number of halogens is 3. The van der Waals surface area contributed by atoms with Gasteiger partial charge in [0.1, 0.15) is 5.71 Å². The van der Waals surface area contributed by atoms with Crippen LogP contribution in [0.25, 0.3) is 16.5 Å². The lowest BCUT2D eigenvalue weighted by Crippen LogP contribution is -2.36. The SMILES string of the molecule is N=C(/C(=C\N)c1ccc2nccc(N3CCOCC3)c2c1)C(F)(F)F. The first kappa shape index (κ1) is 17.2. The largest absolute Gasteiger partial charge is 0.433 e. The summed E-state index contributed by atoms with van der Waals surface area (Å²) in [4.78, 5) is 6.38. The fourth-order valence-corrected chi connectivity index (χ4v) is 2.86. The van der Waals surface area contributed by atoms with Crippen LogP contribution >= 0.6 is 0 Å². The van der Waals surface area contributed by atoms with Gasteiger partial charge in [-0.15, -0.1) is 0 Å². The van der Waals surface area contributed by atoms with Crippen molar-refractivity contribution in [2.75, 3.05) is 31.2 Å². The van der Waals surface area contributed by atoms with E-state index in [-0.39, 0.29) is 11.1 Å². The third-order valence-electron chi connectivity index (χ3n) is 4.10. The second-order valence-electron chi connectivity index (χ2n) is 5.61. The highest BCUT2D eigenvalue weighted by Gasteiger charge is 2.37. The highest BCUT2D eigenvalue weighted by molar-refractivity contribution is 6.25. The van der Waals surface area contributed by atoms with E-state index in [2.05, 4.69) is 9.88 Å². The molecule has 1 aromatic heterocycles. The van der Waals surface area contributed by atoms with Gasteiger partial charge in [-0.2, -0.15) is 13.2 Å². The summed E-state index contributed by atoms with van der Waals surface area (Å²) in [5.41, 5.74) is 5.34. The number of alkyl halides is 3. The van der Waals surface area contributed by atoms with Crippen molar-refractivity contribution in [2.24, 2.45) is 5.73 Å². The smallest absolute Gasteiger partial charge is 0.404 e. The zero-order valence-electron chi connectivity index (χ0n) is 13.3. The Morgan fingerprint density at radius 3 is 2.60 bits per heavy atom. The Morgan fingerprint density at radius 1 is 1.24 bits per heavy atom. The van der Waals surface area contributed by atoms with Crippen LogP contribution in [0.3, 0.4) is 0 Å². The molecule has 2 heterocycles. The van der Waals surface area contributed by atoms with Crippen molar-refractivity contribution in [1.82, 2.24) is 4.98 Å². The number of rotatable bonds is 3. The maximum atomic E-state index is 12.9. The van der Waals surface area contributed by atoms with Gasteiger partial charge in [0, 0.05) is 42.1 Å². The summed E-state index contributed by atoms with van der Waals surface area (Å²) in [6, 6.07) is 6.57. The molecule has 8 heteroatoms. The second-order valence-corrected chi connectivity index (χ2v) is 5.61. The first-order valence-electron chi connectivity index (χ1n) is 7.71. The number of morpholine rings is 1. The Balaban J connectivity index is 2.08. The minimum Gasteiger partial charge on any atom is -0.404 e. The van der Waals surface area contributed by atoms with Gasteiger partial charge in [-0.25, -0.2) is 0 Å². The first-order chi connectivity index (χ1) is 11.9. The van der Waals surface area contributed by atoms with E-state index in [0.29, 0.717) is 31.8 Å². The van der Waals surface area contributed by atoms with Gasteiger partial charge < -0.3 is 15.4 Å². The molecule has 0 bridgehead atoms. The van der Waals surface area contributed by atoms with E-state index in [1.54, 1.807) is 18.3 Å². The molecule has 1 aliphatic heterocycles. The van der Waals surface area contributed by atoms with Crippen LogP contribution in [0.5, 0.6) is 0 Å². The number of nitrogens with one attached hydrogen (secondary N) is 1. The molecule has 3 rings (SSSR count). The molecule has 2 aromatic rings. The van der Waals surface area contributed by atoms with E-state index in [4.69, 9.17) is 15.9 Å². The number of nitrogens with two attached hydrogens (primary N) is 1. The first-order valence-corrected chi connectivity index (χ1v) is 7.71. The van der Waals surface area contributed by atoms with Crippen LogP contribution < -0.4 is 10.6 Å². The third kappa shape index (κ3) is 3.43. The molecule has 0 aliphatic carbocycles. The number of aromatic nitrogens is 1. The molecular weight excluding hydrogens is 333 g/mol. The van der Waals surface area contributed by atoms with Gasteiger partial charge in [-0.3, -0.25) is 10.4 Å². The number of nitrogens with zero attached hydrogens (tertiary/aromatic N) is 2. The van der Waals surface area contributed by atoms with Crippen LogP contribution in [0, 0.1) is 5.41 Å². The number of hydrogen-bond acceptors (Lipinski definition) is 5. The van der Waals surface area contributed by atoms with Crippen molar-refractivity contribution in [3.63, 3.8) is 0 Å². The van der Waals surface area contributed by atoms with Crippen LogP contribution in [-0.2, 0) is 4.74 Å². The summed E-state index contributed by atoms with van der Waals surface area (Å²) in [5.74, 6) is 0. The molecule has 0 radical (unpaired) electrons. The van der Waals surface area contributed by atoms with Crippen molar-refractivity contribution in [2.45, 2.75) is 6.18 Å². The van der Waals surface area contributed by atoms with Crippen molar-refractivity contribution < 1.29 is 17.9 Å². The lowest BCUT2D eigenvalue weighted by atomic mass is 9.99. The van der Waals surface area contributed by atoms with Crippen LogP contribution in [0.2, 0.25) is 0 Å². The van der Waals surface area contributed by atoms with Gasteiger partial charge in [0.15, 0.2) is 0 Å². The zero-order chi connectivity index (χ0) is 18.0. The van der Waals surface area contributed by atoms with E-state index in [1.807, 2.05) is 6.07 Å². The van der Waals surface area contributed by atoms with E-state index in [0.717, 1.165) is 17.3 Å². The Hall–Kier alpha value is -2.61. The summed E-state index contributed by atoms with van der Waals surface area (Å²) in [7, 11) is 0. The van der Waals surface area contributed by atoms with Crippen molar-refractivity contribution in [3.05, 3.63) is 42.2 Å². The monoisotopic (exact) mass is 350 g/mol. The maximum absolute atomic E-state index is 12.9. The minimum atomic E-state index is -4.76. The number of pyridine rings is 1. The van der Waals surface area contributed by atoms with Crippen molar-refractivity contribution >= 4 is 27.9 Å². The van der Waals surface area contributed by atoms with Crippen LogP contribution in [0.1, 0.15) is 5.56 Å². The predicted octanol–water partition coefficient (Wildman–Crippen LogP) is 2.95. The van der Waals surface area contributed by atoms with E-state index >= 15 is 0 Å². The van der Waals surface area contributed by atoms with Crippen LogP contribution in [0.15, 0.2) is 36.7 Å². The van der Waals surface area contributed by atoms with Crippen LogP contribution in [0.4, 0.5) is 18.9 Å². The van der Waals surface area contributed by atoms with Crippen molar-refractivity contribution in [1.29, 1.82) is 5.41 Å². The molecule has 25 heavy (non-hydrogen) atoms. The summed E-state index contributed by atoms with van der Waals surface area (Å²) in [5, 5.41) is 8.10. The van der Waals surface area contributed by atoms with Gasteiger partial charge in [-0.05, 0) is 23.8 Å². The lowest BCUT2D eigenvalue weighted by Gasteiger charge is -2.29. The van der Waals surface area contributed by atoms with E-state index in [1.165, 1.54) is 6.07 Å². The molecule has 0 spiro atoms. The number of allylic oxidation sites excluding steroid dienone is 1. The number of fused-ring (bicyclic) bond motifs is 1. The Bertz CT molecular complexity index is 826. The number of ether oxygens (including phenoxy) is 1. The number of anilines is 1. The quantitative estimate of drug-likeness (QED) is 0.835. The predicted molar refractivity (Wildman–Crippen MR) is 90.7 cm³/mol. The third-order valence-corrected chi connectivity index (χ3v) is 4.10. The maximum Gasteiger partial charge on any atom is 0.433 e. The Morgan fingerprint density at radius 2 is 1.96 bits per heavy atom. The average molecular weight is 350 g/mol. The van der Waals surface area contributed by atoms with E-state index < -0.39 is 11.9 Å². The normalized spacial score (nSPS) is 16.3. The molecule has 3 N–H and O–H groups in total. The molecule has 1 aromatic carbocycles. The topological polar surface area (TPSA) is 75.2 Å². The molecule has 0 atom stereocenters. The van der Waals surface area contributed by atoms with Crippen LogP contribution in [-0.4, -0.2) is 43.2 Å². The lowest BCUT2D eigenvalue weighted by molar-refractivity contribution is -0.0578. The highest BCUT2D eigenvalue weighted by Crippen LogP contribution is 2.31. The molecule has 0 amide bonds. The fraction of sp³-hybridized carbons (Fsp3) is 0.294. The van der Waals surface area contributed by atoms with Gasteiger partial charge in [0.2, 0.25) is 0 Å². The zero-order valence-corrected chi connectivity index (χ0v) is 13.3.